The number of nitrogens with zero attached hydrogens (tertiary/aromatic N) is 6. The number of aryl methyl sites for hydroxylation is 2. The van der Waals surface area contributed by atoms with Gasteiger partial charge in [-0.05, 0) is 62.5 Å². The van der Waals surface area contributed by atoms with E-state index in [1.807, 2.05) is 61.1 Å². The molecule has 4 aromatic rings. The highest BCUT2D eigenvalue weighted by atomic mass is 35.5. The number of Topliss-reactive ketones (excluding diaryl/α,β-unsaturated/α-hetero) is 2. The van der Waals surface area contributed by atoms with Crippen molar-refractivity contribution in [1.29, 1.82) is 10.5 Å². The molecule has 0 aliphatic heterocycles. The Labute approximate surface area is 309 Å². The van der Waals surface area contributed by atoms with Gasteiger partial charge in [-0.25, -0.2) is 0 Å². The van der Waals surface area contributed by atoms with E-state index in [-0.39, 0.29) is 40.5 Å². The van der Waals surface area contributed by atoms with Crippen molar-refractivity contribution < 1.29 is 9.59 Å². The number of fused-ring (bicyclic) bond motifs is 6. The van der Waals surface area contributed by atoms with Crippen molar-refractivity contribution in [3.63, 3.8) is 0 Å². The summed E-state index contributed by atoms with van der Waals surface area (Å²) < 4.78 is 3.73. The second-order valence-corrected chi connectivity index (χ2v) is 16.0. The van der Waals surface area contributed by atoms with Gasteiger partial charge in [0.25, 0.3) is 0 Å². The molecule has 8 rings (SSSR count). The van der Waals surface area contributed by atoms with Crippen molar-refractivity contribution in [2.45, 2.75) is 76.7 Å². The average Bonchev–Trinajstić information content (AvgIpc) is 3.68. The number of allylic oxidation sites excluding steroid dienone is 4. The molecule has 0 amide bonds. The third-order valence-corrected chi connectivity index (χ3v) is 13.3. The zero-order valence-electron chi connectivity index (χ0n) is 29.8. The molecule has 0 fully saturated rings. The number of rotatable bonds is 6. The minimum absolute atomic E-state index is 0.0618. The zero-order chi connectivity index (χ0) is 36.6. The number of ketones is 2. The summed E-state index contributed by atoms with van der Waals surface area (Å²) >= 11 is 6.68. The lowest BCUT2D eigenvalue weighted by Crippen LogP contribution is -2.52. The van der Waals surface area contributed by atoms with Crippen molar-refractivity contribution in [3.05, 3.63) is 117 Å². The monoisotopic (exact) mass is 706 g/mol. The largest absolute Gasteiger partial charge is 0.293 e. The van der Waals surface area contributed by atoms with E-state index in [2.05, 4.69) is 50.3 Å². The number of nitriles is 2. The highest BCUT2D eigenvalue weighted by molar-refractivity contribution is 6.30. The number of hydrogen-bond acceptors (Lipinski definition) is 6. The molecule has 52 heavy (non-hydrogen) atoms. The Balaban J connectivity index is 1.22. The van der Waals surface area contributed by atoms with Gasteiger partial charge >= 0.3 is 0 Å². The Morgan fingerprint density at radius 3 is 2.35 bits per heavy atom. The Morgan fingerprint density at radius 1 is 0.923 bits per heavy atom. The van der Waals surface area contributed by atoms with Crippen LogP contribution in [0.1, 0.15) is 68.1 Å². The van der Waals surface area contributed by atoms with E-state index in [0.29, 0.717) is 31.0 Å². The van der Waals surface area contributed by atoms with Crippen molar-refractivity contribution in [2.75, 3.05) is 0 Å². The van der Waals surface area contributed by atoms with E-state index in [1.165, 1.54) is 0 Å². The second kappa shape index (κ2) is 12.2. The molecule has 2 aromatic carbocycles. The highest BCUT2D eigenvalue weighted by Gasteiger charge is 2.58. The Morgan fingerprint density at radius 2 is 1.63 bits per heavy atom. The topological polar surface area (TPSA) is 117 Å². The molecular formula is C43H39ClN6O2. The second-order valence-electron chi connectivity index (χ2n) is 15.6. The fraction of sp³-hybridized carbons (Fsp3) is 0.395. The van der Waals surface area contributed by atoms with Crippen LogP contribution in [0.5, 0.6) is 0 Å². The van der Waals surface area contributed by atoms with Crippen molar-refractivity contribution in [1.82, 2.24) is 19.6 Å². The third-order valence-electron chi connectivity index (χ3n) is 12.8. The molecule has 2 aromatic heterocycles. The Bertz CT molecular complexity index is 2290. The van der Waals surface area contributed by atoms with Crippen LogP contribution in [0.25, 0.3) is 11.3 Å². The van der Waals surface area contributed by atoms with Gasteiger partial charge in [0.2, 0.25) is 0 Å². The predicted molar refractivity (Wildman–Crippen MR) is 196 cm³/mol. The van der Waals surface area contributed by atoms with Gasteiger partial charge in [0.15, 0.2) is 11.6 Å². The Hall–Kier alpha value is -5.23. The lowest BCUT2D eigenvalue weighted by atomic mass is 9.51. The van der Waals surface area contributed by atoms with Crippen LogP contribution in [0, 0.1) is 58.0 Å². The zero-order valence-corrected chi connectivity index (χ0v) is 30.6. The number of aromatic nitrogens is 4. The minimum Gasteiger partial charge on any atom is -0.293 e. The van der Waals surface area contributed by atoms with Crippen LogP contribution in [-0.2, 0) is 53.3 Å². The summed E-state index contributed by atoms with van der Waals surface area (Å²) in [6.45, 7) is 6.67. The standard InChI is InChI=1S/C43H39ClN6O2/c1-41(34-18-16-31-38(47-49(4)40(31)44)43(34,3)23-29(25-46)39(41)52)19-20-50-35(27-13-9-6-10-14-27)30-15-17-33-32(21-26-11-7-5-8-12-26)36(51)28(24-45)22-42(33,2)37(30)48-50/h5-7,9-11,13-14,22-23,32-34H,15-21H2,1-4H3/t32-,33-,34-,41?,42-,43-/m0/s1. The molecule has 8 nitrogen and oxygen atoms in total. The summed E-state index contributed by atoms with van der Waals surface area (Å²) in [7, 11) is 1.83. The smallest absolute Gasteiger partial charge is 0.179 e. The van der Waals surface area contributed by atoms with E-state index in [9.17, 15) is 20.1 Å². The fourth-order valence-corrected chi connectivity index (χ4v) is 10.5. The van der Waals surface area contributed by atoms with Gasteiger partial charge in [-0.3, -0.25) is 19.0 Å². The van der Waals surface area contributed by atoms with Gasteiger partial charge in [0.1, 0.15) is 17.3 Å². The van der Waals surface area contributed by atoms with Gasteiger partial charge in [-0.2, -0.15) is 20.7 Å². The maximum Gasteiger partial charge on any atom is 0.179 e. The number of halogens is 1. The van der Waals surface area contributed by atoms with E-state index in [1.54, 1.807) is 10.7 Å². The molecule has 4 aliphatic rings. The van der Waals surface area contributed by atoms with Gasteiger partial charge < -0.3 is 0 Å². The summed E-state index contributed by atoms with van der Waals surface area (Å²) in [4.78, 5) is 28.1. The number of hydrogen-bond donors (Lipinski definition) is 0. The van der Waals surface area contributed by atoms with Crippen molar-refractivity contribution in [2.24, 2.45) is 30.2 Å². The van der Waals surface area contributed by atoms with Gasteiger partial charge in [0.05, 0.1) is 28.2 Å². The third kappa shape index (κ3) is 4.87. The normalized spacial score (nSPS) is 28.9. The summed E-state index contributed by atoms with van der Waals surface area (Å²) in [5.74, 6) is -0.814. The first-order chi connectivity index (χ1) is 24.9. The number of benzene rings is 1. The first kappa shape index (κ1) is 33.9. The summed E-state index contributed by atoms with van der Waals surface area (Å²) in [6.07, 6.45) is 7.57. The average molecular weight is 707 g/mol. The summed E-state index contributed by atoms with van der Waals surface area (Å²) in [6, 6.07) is 26.5. The van der Waals surface area contributed by atoms with Crippen LogP contribution in [0.15, 0.2) is 71.8 Å². The molecule has 0 spiro atoms. The van der Waals surface area contributed by atoms with E-state index >= 15 is 0 Å². The van der Waals surface area contributed by atoms with Crippen LogP contribution < -0.4 is 0 Å². The van der Waals surface area contributed by atoms with Crippen molar-refractivity contribution in [3.8, 4) is 23.4 Å². The van der Waals surface area contributed by atoms with Gasteiger partial charge in [-0.15, -0.1) is 0 Å². The molecule has 0 bridgehead atoms. The molecular weight excluding hydrogens is 668 g/mol. The van der Waals surface area contributed by atoms with Crippen molar-refractivity contribution >= 4 is 23.2 Å². The quantitative estimate of drug-likeness (QED) is 0.209. The fourth-order valence-electron chi connectivity index (χ4n) is 10.3. The maximum atomic E-state index is 14.3. The molecule has 0 N–H and O–H groups in total. The Kier molecular flexibility index (Phi) is 7.94. The van der Waals surface area contributed by atoms with Gasteiger partial charge in [0, 0.05) is 58.0 Å². The molecule has 0 radical (unpaired) electrons. The first-order valence-electron chi connectivity index (χ1n) is 18.0. The highest BCUT2D eigenvalue weighted by Crippen LogP contribution is 2.57. The lowest BCUT2D eigenvalue weighted by molar-refractivity contribution is -0.130. The van der Waals surface area contributed by atoms with E-state index in [4.69, 9.17) is 21.8 Å². The van der Waals surface area contributed by atoms with Crippen LogP contribution in [0.3, 0.4) is 0 Å². The molecule has 1 unspecified atom stereocenters. The molecule has 6 atom stereocenters. The molecule has 0 saturated heterocycles. The molecule has 9 heteroatoms. The summed E-state index contributed by atoms with van der Waals surface area (Å²) in [5, 5.41) is 31.3. The van der Waals surface area contributed by atoms with E-state index in [0.717, 1.165) is 58.6 Å². The number of carbonyl (C=O) groups excluding carboxylic acids is 2. The van der Waals surface area contributed by atoms with E-state index < -0.39 is 16.2 Å². The predicted octanol–water partition coefficient (Wildman–Crippen LogP) is 7.20. The SMILES string of the molecule is Cn1nc2c(c1Cl)CC[C@H]1C(C)(CCn3nc4c(c3-c3ccccc3)CC[C@H]3[C@H](Cc5c#cccc5)C(=O)C(C#N)=C[C@]43C)C(=O)C(C#N)=C[C@]21C. The van der Waals surface area contributed by atoms with Crippen LogP contribution >= 0.6 is 11.6 Å². The van der Waals surface area contributed by atoms with Crippen LogP contribution in [0.2, 0.25) is 5.15 Å². The number of carbonyl (C=O) groups is 2. The molecule has 4 aliphatic carbocycles. The van der Waals surface area contributed by atoms with Crippen LogP contribution in [-0.4, -0.2) is 31.1 Å². The van der Waals surface area contributed by atoms with Gasteiger partial charge in [-0.1, -0.05) is 93.1 Å². The minimum atomic E-state index is -0.872. The molecule has 0 saturated carbocycles. The molecule has 2 heterocycles. The maximum absolute atomic E-state index is 14.3. The summed E-state index contributed by atoms with van der Waals surface area (Å²) in [5.41, 5.74) is 4.89. The molecule has 260 valence electrons. The van der Waals surface area contributed by atoms with Crippen LogP contribution in [0.4, 0.5) is 0 Å². The first-order valence-corrected chi connectivity index (χ1v) is 18.4. The lowest BCUT2D eigenvalue weighted by Gasteiger charge is -2.50.